The van der Waals surface area contributed by atoms with Crippen LogP contribution in [0.25, 0.3) is 0 Å². The molecule has 1 heterocycles. The van der Waals surface area contributed by atoms with E-state index in [0.29, 0.717) is 11.4 Å². The van der Waals surface area contributed by atoms with Crippen LogP contribution in [0.15, 0.2) is 24.3 Å². The highest BCUT2D eigenvalue weighted by Gasteiger charge is 2.31. The molecule has 1 aromatic rings. The van der Waals surface area contributed by atoms with Crippen LogP contribution < -0.4 is 5.32 Å². The fraction of sp³-hybridized carbons (Fsp3) is 0.533. The second-order valence-corrected chi connectivity index (χ2v) is 8.48. The van der Waals surface area contributed by atoms with E-state index in [2.05, 4.69) is 5.32 Å². The molecule has 2 atom stereocenters. The monoisotopic (exact) mass is 344 g/mol. The zero-order chi connectivity index (χ0) is 16.3. The van der Waals surface area contributed by atoms with Crippen molar-refractivity contribution < 1.29 is 13.2 Å². The first-order valence-corrected chi connectivity index (χ1v) is 9.42. The van der Waals surface area contributed by atoms with E-state index in [-0.39, 0.29) is 36.0 Å². The maximum atomic E-state index is 12.1. The SMILES string of the molecule is CC(NC(=O)CN(C)C1CCS(=O)(=O)C1)c1cccc(Cl)c1. The molecule has 5 nitrogen and oxygen atoms in total. The third-order valence-corrected chi connectivity index (χ3v) is 5.94. The normalized spacial score (nSPS) is 21.7. The van der Waals surface area contributed by atoms with Crippen molar-refractivity contribution in [3.8, 4) is 0 Å². The number of likely N-dealkylation sites (N-methyl/N-ethyl adjacent to an activating group) is 1. The first-order chi connectivity index (χ1) is 10.3. The average molecular weight is 345 g/mol. The van der Waals surface area contributed by atoms with Crippen molar-refractivity contribution >= 4 is 27.3 Å². The van der Waals surface area contributed by atoms with Crippen LogP contribution in [0.2, 0.25) is 5.02 Å². The fourth-order valence-electron chi connectivity index (χ4n) is 2.63. The number of nitrogens with one attached hydrogen (secondary N) is 1. The van der Waals surface area contributed by atoms with Crippen LogP contribution in [0.1, 0.15) is 24.9 Å². The van der Waals surface area contributed by atoms with E-state index >= 15 is 0 Å². The Morgan fingerprint density at radius 3 is 2.82 bits per heavy atom. The Balaban J connectivity index is 1.87. The van der Waals surface area contributed by atoms with Crippen LogP contribution in [-0.4, -0.2) is 50.4 Å². The third-order valence-electron chi connectivity index (χ3n) is 3.95. The highest BCUT2D eigenvalue weighted by molar-refractivity contribution is 7.91. The lowest BCUT2D eigenvalue weighted by Crippen LogP contribution is -2.41. The Morgan fingerprint density at radius 1 is 1.50 bits per heavy atom. The minimum Gasteiger partial charge on any atom is -0.348 e. The molecule has 0 bridgehead atoms. The third kappa shape index (κ3) is 4.69. The molecule has 2 unspecified atom stereocenters. The molecule has 1 aliphatic heterocycles. The van der Waals surface area contributed by atoms with Gasteiger partial charge < -0.3 is 5.32 Å². The van der Waals surface area contributed by atoms with Gasteiger partial charge in [0, 0.05) is 11.1 Å². The summed E-state index contributed by atoms with van der Waals surface area (Å²) in [7, 11) is -1.15. The Kier molecular flexibility index (Phi) is 5.47. The summed E-state index contributed by atoms with van der Waals surface area (Å²) in [6.45, 7) is 2.08. The van der Waals surface area contributed by atoms with Crippen LogP contribution in [0.3, 0.4) is 0 Å². The zero-order valence-corrected chi connectivity index (χ0v) is 14.3. The van der Waals surface area contributed by atoms with E-state index in [1.165, 1.54) is 0 Å². The average Bonchev–Trinajstić information content (AvgIpc) is 2.79. The number of sulfone groups is 1. The number of rotatable bonds is 5. The summed E-state index contributed by atoms with van der Waals surface area (Å²) in [4.78, 5) is 13.9. The van der Waals surface area contributed by atoms with E-state index in [1.807, 2.05) is 30.0 Å². The first kappa shape index (κ1) is 17.2. The van der Waals surface area contributed by atoms with Gasteiger partial charge in [-0.1, -0.05) is 23.7 Å². The summed E-state index contributed by atoms with van der Waals surface area (Å²) in [6.07, 6.45) is 0.593. The second kappa shape index (κ2) is 6.98. The van der Waals surface area contributed by atoms with Gasteiger partial charge >= 0.3 is 0 Å². The number of hydrogen-bond acceptors (Lipinski definition) is 4. The number of nitrogens with zero attached hydrogens (tertiary/aromatic N) is 1. The molecule has 1 N–H and O–H groups in total. The molecule has 1 aliphatic rings. The first-order valence-electron chi connectivity index (χ1n) is 7.22. The van der Waals surface area contributed by atoms with Gasteiger partial charge in [0.2, 0.25) is 5.91 Å². The number of halogens is 1. The lowest BCUT2D eigenvalue weighted by Gasteiger charge is -2.23. The Bertz CT molecular complexity index is 648. The molecular weight excluding hydrogens is 324 g/mol. The summed E-state index contributed by atoms with van der Waals surface area (Å²) < 4.78 is 23.0. The van der Waals surface area contributed by atoms with Crippen LogP contribution in [-0.2, 0) is 14.6 Å². The minimum atomic E-state index is -2.94. The summed E-state index contributed by atoms with van der Waals surface area (Å²) in [5.41, 5.74) is 0.937. The van der Waals surface area contributed by atoms with E-state index < -0.39 is 9.84 Å². The predicted molar refractivity (Wildman–Crippen MR) is 87.7 cm³/mol. The van der Waals surface area contributed by atoms with E-state index in [0.717, 1.165) is 5.56 Å². The van der Waals surface area contributed by atoms with Crippen molar-refractivity contribution in [3.05, 3.63) is 34.9 Å². The van der Waals surface area contributed by atoms with E-state index in [4.69, 9.17) is 11.6 Å². The lowest BCUT2D eigenvalue weighted by atomic mass is 10.1. The summed E-state index contributed by atoms with van der Waals surface area (Å²) in [5.74, 6) is 0.225. The number of amides is 1. The molecule has 2 rings (SSSR count). The quantitative estimate of drug-likeness (QED) is 0.881. The van der Waals surface area contributed by atoms with Crippen molar-refractivity contribution in [2.45, 2.75) is 25.4 Å². The molecule has 0 saturated carbocycles. The van der Waals surface area contributed by atoms with E-state index in [1.54, 1.807) is 13.1 Å². The Morgan fingerprint density at radius 2 is 2.23 bits per heavy atom. The van der Waals surface area contributed by atoms with Gasteiger partial charge in [-0.25, -0.2) is 8.42 Å². The number of carbonyl (C=O) groups excluding carboxylic acids is 1. The van der Waals surface area contributed by atoms with E-state index in [9.17, 15) is 13.2 Å². The van der Waals surface area contributed by atoms with Crippen LogP contribution >= 0.6 is 11.6 Å². The van der Waals surface area contributed by atoms with Gasteiger partial charge in [0.15, 0.2) is 9.84 Å². The maximum Gasteiger partial charge on any atom is 0.234 e. The molecular formula is C15H21ClN2O3S. The fourth-order valence-corrected chi connectivity index (χ4v) is 4.63. The smallest absolute Gasteiger partial charge is 0.234 e. The van der Waals surface area contributed by atoms with Crippen molar-refractivity contribution in [2.24, 2.45) is 0 Å². The Hall–Kier alpha value is -1.11. The molecule has 1 saturated heterocycles. The summed E-state index contributed by atoms with van der Waals surface area (Å²) in [5, 5.41) is 3.54. The Labute approximate surface area is 136 Å². The molecule has 7 heteroatoms. The van der Waals surface area contributed by atoms with Crippen molar-refractivity contribution in [1.29, 1.82) is 0 Å². The molecule has 122 valence electrons. The largest absolute Gasteiger partial charge is 0.348 e. The summed E-state index contributed by atoms with van der Waals surface area (Å²) >= 11 is 5.94. The van der Waals surface area contributed by atoms with Gasteiger partial charge in [0.25, 0.3) is 0 Å². The van der Waals surface area contributed by atoms with Crippen LogP contribution in [0.4, 0.5) is 0 Å². The van der Waals surface area contributed by atoms with Gasteiger partial charge in [-0.3, -0.25) is 9.69 Å². The van der Waals surface area contributed by atoms with Gasteiger partial charge in [0.1, 0.15) is 0 Å². The van der Waals surface area contributed by atoms with Crippen molar-refractivity contribution in [3.63, 3.8) is 0 Å². The molecule has 22 heavy (non-hydrogen) atoms. The molecule has 0 aromatic heterocycles. The maximum absolute atomic E-state index is 12.1. The second-order valence-electron chi connectivity index (χ2n) is 5.82. The van der Waals surface area contributed by atoms with Gasteiger partial charge in [-0.15, -0.1) is 0 Å². The number of benzene rings is 1. The lowest BCUT2D eigenvalue weighted by molar-refractivity contribution is -0.123. The molecule has 1 amide bonds. The number of hydrogen-bond donors (Lipinski definition) is 1. The predicted octanol–water partition coefficient (Wildman–Crippen LogP) is 1.64. The standard InChI is InChI=1S/C15H21ClN2O3S/c1-11(12-4-3-5-13(16)8-12)17-15(19)9-18(2)14-6-7-22(20,21)10-14/h3-5,8,11,14H,6-7,9-10H2,1-2H3,(H,17,19). The highest BCUT2D eigenvalue weighted by Crippen LogP contribution is 2.18. The highest BCUT2D eigenvalue weighted by atomic mass is 35.5. The molecule has 1 fully saturated rings. The molecule has 0 aliphatic carbocycles. The van der Waals surface area contributed by atoms with Crippen molar-refractivity contribution in [2.75, 3.05) is 25.1 Å². The van der Waals surface area contributed by atoms with Crippen LogP contribution in [0.5, 0.6) is 0 Å². The zero-order valence-electron chi connectivity index (χ0n) is 12.8. The molecule has 0 spiro atoms. The number of carbonyl (C=O) groups is 1. The van der Waals surface area contributed by atoms with Crippen molar-refractivity contribution in [1.82, 2.24) is 10.2 Å². The van der Waals surface area contributed by atoms with Crippen LogP contribution in [0, 0.1) is 0 Å². The van der Waals surface area contributed by atoms with Gasteiger partial charge in [0.05, 0.1) is 24.1 Å². The van der Waals surface area contributed by atoms with Gasteiger partial charge in [-0.05, 0) is 38.1 Å². The minimum absolute atomic E-state index is 0.0720. The molecule has 1 aromatic carbocycles. The topological polar surface area (TPSA) is 66.5 Å². The van der Waals surface area contributed by atoms with Gasteiger partial charge in [-0.2, -0.15) is 0 Å². The molecule has 0 radical (unpaired) electrons. The summed E-state index contributed by atoms with van der Waals surface area (Å²) in [6, 6.07) is 7.14.